The second-order valence-corrected chi connectivity index (χ2v) is 7.66. The third-order valence-electron chi connectivity index (χ3n) is 4.05. The summed E-state index contributed by atoms with van der Waals surface area (Å²) in [5.74, 6) is -0.0287. The maximum Gasteiger partial charge on any atom is 0.249 e. The van der Waals surface area contributed by atoms with Crippen molar-refractivity contribution in [3.63, 3.8) is 0 Å². The van der Waals surface area contributed by atoms with Gasteiger partial charge in [-0.15, -0.1) is 0 Å². The summed E-state index contributed by atoms with van der Waals surface area (Å²) in [6, 6.07) is 7.34. The molecule has 1 aromatic rings. The van der Waals surface area contributed by atoms with Gasteiger partial charge < -0.3 is 9.64 Å². The van der Waals surface area contributed by atoms with Crippen LogP contribution in [0, 0.1) is 0 Å². The van der Waals surface area contributed by atoms with Crippen molar-refractivity contribution in [1.29, 1.82) is 0 Å². The zero-order valence-corrected chi connectivity index (χ0v) is 15.2. The Kier molecular flexibility index (Phi) is 6.50. The lowest BCUT2D eigenvalue weighted by atomic mass is 10.00. The number of thioether (sulfide) groups is 1. The van der Waals surface area contributed by atoms with E-state index in [-0.39, 0.29) is 35.0 Å². The minimum atomic E-state index is -0.145. The fraction of sp³-hybridized carbons (Fsp3) is 0.529. The molecule has 1 saturated heterocycles. The van der Waals surface area contributed by atoms with E-state index >= 15 is 0 Å². The Bertz CT molecular complexity index is 563. The fourth-order valence-electron chi connectivity index (χ4n) is 3.04. The lowest BCUT2D eigenvalue weighted by Gasteiger charge is -2.43. The van der Waals surface area contributed by atoms with E-state index in [1.807, 2.05) is 43.0 Å². The van der Waals surface area contributed by atoms with Crippen molar-refractivity contribution in [3.8, 4) is 0 Å². The highest BCUT2D eigenvalue weighted by molar-refractivity contribution is 8.14. The molecule has 1 heterocycles. The minimum Gasteiger partial charge on any atom is -0.369 e. The predicted octanol–water partition coefficient (Wildman–Crippen LogP) is 3.69. The molecule has 1 aliphatic rings. The Balaban J connectivity index is 2.30. The second kappa shape index (κ2) is 8.18. The SMILES string of the molecule is CCC(C(C)SC(C)=O)N1C(=O)COCC1c1ccc(Cl)cc1. The lowest BCUT2D eigenvalue weighted by Crippen LogP contribution is -2.52. The number of carbonyl (C=O) groups excluding carboxylic acids is 2. The van der Waals surface area contributed by atoms with Gasteiger partial charge in [0.1, 0.15) is 6.61 Å². The van der Waals surface area contributed by atoms with Gasteiger partial charge in [0.05, 0.1) is 12.6 Å². The van der Waals surface area contributed by atoms with Gasteiger partial charge in [-0.25, -0.2) is 0 Å². The Morgan fingerprint density at radius 1 is 1.43 bits per heavy atom. The van der Waals surface area contributed by atoms with Crippen molar-refractivity contribution in [1.82, 2.24) is 4.90 Å². The molecular weight excluding hydrogens is 334 g/mol. The van der Waals surface area contributed by atoms with Crippen molar-refractivity contribution < 1.29 is 14.3 Å². The number of rotatable bonds is 5. The monoisotopic (exact) mass is 355 g/mol. The summed E-state index contributed by atoms with van der Waals surface area (Å²) in [4.78, 5) is 25.9. The van der Waals surface area contributed by atoms with E-state index in [9.17, 15) is 9.59 Å². The molecule has 0 spiro atoms. The minimum absolute atomic E-state index is 0.0130. The molecular formula is C17H22ClNO3S. The molecule has 4 nitrogen and oxygen atoms in total. The molecule has 1 aliphatic heterocycles. The average Bonchev–Trinajstić information content (AvgIpc) is 2.49. The van der Waals surface area contributed by atoms with Gasteiger partial charge in [0.15, 0.2) is 5.12 Å². The van der Waals surface area contributed by atoms with E-state index in [1.165, 1.54) is 11.8 Å². The molecule has 2 rings (SSSR count). The summed E-state index contributed by atoms with van der Waals surface area (Å²) < 4.78 is 5.47. The molecule has 0 aromatic heterocycles. The number of ether oxygens (including phenoxy) is 1. The molecule has 0 saturated carbocycles. The zero-order valence-electron chi connectivity index (χ0n) is 13.6. The first-order valence-corrected chi connectivity index (χ1v) is 9.01. The van der Waals surface area contributed by atoms with Crippen LogP contribution in [-0.4, -0.2) is 40.4 Å². The van der Waals surface area contributed by atoms with Crippen molar-refractivity contribution >= 4 is 34.4 Å². The molecule has 1 fully saturated rings. The van der Waals surface area contributed by atoms with E-state index in [0.717, 1.165) is 12.0 Å². The van der Waals surface area contributed by atoms with Gasteiger partial charge in [-0.1, -0.05) is 49.3 Å². The second-order valence-electron chi connectivity index (χ2n) is 5.67. The highest BCUT2D eigenvalue weighted by atomic mass is 35.5. The summed E-state index contributed by atoms with van der Waals surface area (Å²) in [6.07, 6.45) is 0.789. The van der Waals surface area contributed by atoms with Crippen molar-refractivity contribution in [2.75, 3.05) is 13.2 Å². The number of benzene rings is 1. The van der Waals surface area contributed by atoms with Crippen LogP contribution in [0.2, 0.25) is 5.02 Å². The van der Waals surface area contributed by atoms with Crippen molar-refractivity contribution in [3.05, 3.63) is 34.9 Å². The van der Waals surface area contributed by atoms with E-state index in [1.54, 1.807) is 6.92 Å². The van der Waals surface area contributed by atoms with Crippen molar-refractivity contribution in [2.24, 2.45) is 0 Å². The number of carbonyl (C=O) groups is 2. The van der Waals surface area contributed by atoms with Gasteiger partial charge in [-0.05, 0) is 24.1 Å². The van der Waals surface area contributed by atoms with Crippen LogP contribution in [0.5, 0.6) is 0 Å². The number of hydrogen-bond acceptors (Lipinski definition) is 4. The van der Waals surface area contributed by atoms with Gasteiger partial charge in [0.25, 0.3) is 0 Å². The van der Waals surface area contributed by atoms with Crippen LogP contribution in [0.25, 0.3) is 0 Å². The van der Waals surface area contributed by atoms with E-state index in [4.69, 9.17) is 16.3 Å². The van der Waals surface area contributed by atoms with Crippen molar-refractivity contribution in [2.45, 2.75) is 44.5 Å². The van der Waals surface area contributed by atoms with Gasteiger partial charge in [-0.2, -0.15) is 0 Å². The largest absolute Gasteiger partial charge is 0.369 e. The van der Waals surface area contributed by atoms with Crippen LogP contribution in [-0.2, 0) is 14.3 Å². The first-order valence-electron chi connectivity index (χ1n) is 7.75. The number of nitrogens with zero attached hydrogens (tertiary/aromatic N) is 1. The van der Waals surface area contributed by atoms with Gasteiger partial charge in [0.2, 0.25) is 5.91 Å². The van der Waals surface area contributed by atoms with Gasteiger partial charge in [-0.3, -0.25) is 9.59 Å². The molecule has 6 heteroatoms. The molecule has 1 amide bonds. The fourth-order valence-corrected chi connectivity index (χ4v) is 4.17. The number of amides is 1. The molecule has 0 aliphatic carbocycles. The Morgan fingerprint density at radius 2 is 2.09 bits per heavy atom. The summed E-state index contributed by atoms with van der Waals surface area (Å²) in [5, 5.41) is 0.768. The Hall–Kier alpha value is -1.04. The normalized spacial score (nSPS) is 21.1. The van der Waals surface area contributed by atoms with E-state index < -0.39 is 0 Å². The van der Waals surface area contributed by atoms with Gasteiger partial charge >= 0.3 is 0 Å². The molecule has 126 valence electrons. The quantitative estimate of drug-likeness (QED) is 0.808. The number of hydrogen-bond donors (Lipinski definition) is 0. The third-order valence-corrected chi connectivity index (χ3v) is 5.32. The molecule has 0 N–H and O–H groups in total. The average molecular weight is 356 g/mol. The maximum atomic E-state index is 12.5. The van der Waals surface area contributed by atoms with Crippen LogP contribution in [0.3, 0.4) is 0 Å². The summed E-state index contributed by atoms with van der Waals surface area (Å²) in [6.45, 7) is 6.16. The predicted molar refractivity (Wildman–Crippen MR) is 93.7 cm³/mol. The molecule has 1 aromatic carbocycles. The molecule has 0 radical (unpaired) electrons. The Labute approximate surface area is 146 Å². The van der Waals surface area contributed by atoms with Crippen LogP contribution >= 0.6 is 23.4 Å². The highest BCUT2D eigenvalue weighted by Crippen LogP contribution is 2.32. The zero-order chi connectivity index (χ0) is 17.0. The van der Waals surface area contributed by atoms with E-state index in [0.29, 0.717) is 11.6 Å². The smallest absolute Gasteiger partial charge is 0.249 e. The highest BCUT2D eigenvalue weighted by Gasteiger charge is 2.37. The molecule has 3 atom stereocenters. The Morgan fingerprint density at radius 3 is 2.65 bits per heavy atom. The van der Waals surface area contributed by atoms with Crippen LogP contribution in [0.15, 0.2) is 24.3 Å². The first kappa shape index (κ1) is 18.3. The molecule has 0 bridgehead atoms. The van der Waals surface area contributed by atoms with Crippen LogP contribution in [0.1, 0.15) is 38.8 Å². The van der Waals surface area contributed by atoms with Crippen LogP contribution in [0.4, 0.5) is 0 Å². The number of halogens is 1. The molecule has 23 heavy (non-hydrogen) atoms. The summed E-state index contributed by atoms with van der Waals surface area (Å²) in [5.41, 5.74) is 1.00. The van der Waals surface area contributed by atoms with E-state index in [2.05, 4.69) is 0 Å². The lowest BCUT2D eigenvalue weighted by molar-refractivity contribution is -0.152. The maximum absolute atomic E-state index is 12.5. The van der Waals surface area contributed by atoms with Crippen LogP contribution < -0.4 is 0 Å². The summed E-state index contributed by atoms with van der Waals surface area (Å²) >= 11 is 7.25. The summed E-state index contributed by atoms with van der Waals surface area (Å²) in [7, 11) is 0. The molecule has 3 unspecified atom stereocenters. The first-order chi connectivity index (χ1) is 10.9. The number of morpholine rings is 1. The third kappa shape index (κ3) is 4.49. The van der Waals surface area contributed by atoms with Gasteiger partial charge in [0, 0.05) is 23.2 Å². The topological polar surface area (TPSA) is 46.6 Å². The standard InChI is InChI=1S/C17H22ClNO3S/c1-4-15(11(2)23-12(3)20)19-16(9-22-10-17(19)21)13-5-7-14(18)8-6-13/h5-8,11,15-16H,4,9-10H2,1-3H3.